The first-order valence-corrected chi connectivity index (χ1v) is 12.0. The van der Waals surface area contributed by atoms with Crippen LogP contribution in [0, 0.1) is 0 Å². The number of piperazine rings is 1. The van der Waals surface area contributed by atoms with E-state index in [1.165, 1.54) is 12.1 Å². The van der Waals surface area contributed by atoms with Gasteiger partial charge in [0.15, 0.2) is 0 Å². The van der Waals surface area contributed by atoms with Crippen molar-refractivity contribution in [3.63, 3.8) is 0 Å². The quantitative estimate of drug-likeness (QED) is 0.510. The van der Waals surface area contributed by atoms with Crippen LogP contribution in [0.4, 0.5) is 24.5 Å². The molecule has 2 aromatic carbocycles. The van der Waals surface area contributed by atoms with E-state index in [1.54, 1.807) is 17.8 Å². The summed E-state index contributed by atoms with van der Waals surface area (Å²) in [5.41, 5.74) is 1.07. The molecule has 0 atom stereocenters. The number of hydrogen-bond donors (Lipinski definition) is 0. The van der Waals surface area contributed by atoms with Crippen LogP contribution in [0.1, 0.15) is 12.0 Å². The van der Waals surface area contributed by atoms with Crippen LogP contribution < -0.4 is 4.90 Å². The molecule has 2 aliphatic rings. The number of nitrogens with zero attached hydrogens (tertiary/aromatic N) is 4. The summed E-state index contributed by atoms with van der Waals surface area (Å²) in [6.07, 6.45) is -3.43. The topological polar surface area (TPSA) is 13.0 Å². The minimum Gasteiger partial charge on any atom is -0.340 e. The highest BCUT2D eigenvalue weighted by Gasteiger charge is 2.33. The van der Waals surface area contributed by atoms with Crippen LogP contribution in [-0.4, -0.2) is 81.2 Å². The summed E-state index contributed by atoms with van der Waals surface area (Å²) >= 11 is 1.55. The van der Waals surface area contributed by atoms with Crippen LogP contribution in [0.15, 0.2) is 52.3 Å². The fourth-order valence-electron chi connectivity index (χ4n) is 4.28. The summed E-state index contributed by atoms with van der Waals surface area (Å²) in [4.78, 5) is 11.2. The van der Waals surface area contributed by atoms with Crippen molar-refractivity contribution in [1.82, 2.24) is 14.7 Å². The Labute approximate surface area is 205 Å². The van der Waals surface area contributed by atoms with Gasteiger partial charge < -0.3 is 14.7 Å². The summed E-state index contributed by atoms with van der Waals surface area (Å²) in [7, 11) is 4.20. The predicted octanol–water partition coefficient (Wildman–Crippen LogP) is 5.30. The highest BCUT2D eigenvalue weighted by atomic mass is 35.5. The summed E-state index contributed by atoms with van der Waals surface area (Å²) < 4.78 is 40.1. The number of halogens is 4. The van der Waals surface area contributed by atoms with Gasteiger partial charge in [-0.15, -0.1) is 12.4 Å². The molecule has 33 heavy (non-hydrogen) atoms. The van der Waals surface area contributed by atoms with E-state index in [0.29, 0.717) is 12.2 Å². The maximum atomic E-state index is 13.4. The molecule has 0 amide bonds. The van der Waals surface area contributed by atoms with Gasteiger partial charge in [0.1, 0.15) is 0 Å². The van der Waals surface area contributed by atoms with Crippen molar-refractivity contribution in [2.45, 2.75) is 22.4 Å². The van der Waals surface area contributed by atoms with Crippen LogP contribution in [0.25, 0.3) is 0 Å². The minimum absolute atomic E-state index is 0. The third kappa shape index (κ3) is 6.57. The number of likely N-dealkylation sites (N-methyl/N-ethyl adjacent to an activating group) is 1. The fraction of sp³-hybridized carbons (Fsp3) is 0.500. The van der Waals surface area contributed by atoms with Gasteiger partial charge in [-0.1, -0.05) is 23.9 Å². The number of anilines is 2. The minimum atomic E-state index is -4.34. The molecular weight excluding hydrogens is 469 g/mol. The highest BCUT2D eigenvalue weighted by molar-refractivity contribution is 7.99. The van der Waals surface area contributed by atoms with Crippen LogP contribution in [-0.2, 0) is 6.18 Å². The molecule has 0 bridgehead atoms. The lowest BCUT2D eigenvalue weighted by molar-refractivity contribution is -0.137. The second-order valence-corrected chi connectivity index (χ2v) is 9.83. The predicted molar refractivity (Wildman–Crippen MR) is 132 cm³/mol. The van der Waals surface area contributed by atoms with Gasteiger partial charge in [-0.2, -0.15) is 13.2 Å². The third-order valence-corrected chi connectivity index (χ3v) is 7.27. The monoisotopic (exact) mass is 500 g/mol. The molecule has 182 valence electrons. The van der Waals surface area contributed by atoms with Gasteiger partial charge in [0.25, 0.3) is 0 Å². The Hall–Kier alpha value is -1.45. The van der Waals surface area contributed by atoms with Gasteiger partial charge in [0.05, 0.1) is 16.9 Å². The molecule has 0 aliphatic carbocycles. The number of alkyl halides is 3. The first kappa shape index (κ1) is 26.2. The van der Waals surface area contributed by atoms with E-state index in [-0.39, 0.29) is 12.4 Å². The third-order valence-electron chi connectivity index (χ3n) is 6.14. The number of para-hydroxylation sites is 1. The lowest BCUT2D eigenvalue weighted by Crippen LogP contribution is -2.48. The van der Waals surface area contributed by atoms with E-state index in [2.05, 4.69) is 33.7 Å². The SMILES string of the molecule is CN(C)CCN1CCN(CCCN2c3ccccc3Sc3ccc(C(F)(F)F)cc32)CC1.Cl. The maximum absolute atomic E-state index is 13.4. The second kappa shape index (κ2) is 11.3. The highest BCUT2D eigenvalue weighted by Crippen LogP contribution is 2.49. The molecule has 0 radical (unpaired) electrons. The molecule has 1 saturated heterocycles. The van der Waals surface area contributed by atoms with Gasteiger partial charge in [-0.05, 0) is 57.4 Å². The molecule has 1 fully saturated rings. The molecule has 2 heterocycles. The zero-order valence-corrected chi connectivity index (χ0v) is 20.8. The molecule has 0 N–H and O–H groups in total. The lowest BCUT2D eigenvalue weighted by atomic mass is 10.1. The summed E-state index contributed by atoms with van der Waals surface area (Å²) in [6.45, 7) is 8.09. The van der Waals surface area contributed by atoms with Gasteiger partial charge >= 0.3 is 6.18 Å². The smallest absolute Gasteiger partial charge is 0.340 e. The van der Waals surface area contributed by atoms with Gasteiger partial charge in [-0.3, -0.25) is 4.90 Å². The van der Waals surface area contributed by atoms with E-state index in [9.17, 15) is 13.2 Å². The molecule has 4 rings (SSSR count). The van der Waals surface area contributed by atoms with E-state index >= 15 is 0 Å². The van der Waals surface area contributed by atoms with E-state index in [0.717, 1.165) is 67.7 Å². The van der Waals surface area contributed by atoms with Crippen molar-refractivity contribution in [3.8, 4) is 0 Å². The largest absolute Gasteiger partial charge is 0.416 e. The second-order valence-electron chi connectivity index (χ2n) is 8.74. The van der Waals surface area contributed by atoms with Crippen molar-refractivity contribution in [1.29, 1.82) is 0 Å². The molecule has 0 spiro atoms. The van der Waals surface area contributed by atoms with Crippen molar-refractivity contribution in [3.05, 3.63) is 48.0 Å². The van der Waals surface area contributed by atoms with Crippen molar-refractivity contribution < 1.29 is 13.2 Å². The van der Waals surface area contributed by atoms with Crippen molar-refractivity contribution in [2.75, 3.05) is 71.4 Å². The maximum Gasteiger partial charge on any atom is 0.416 e. The molecule has 9 heteroatoms. The molecule has 0 aromatic heterocycles. The van der Waals surface area contributed by atoms with Crippen LogP contribution in [0.2, 0.25) is 0 Å². The lowest BCUT2D eigenvalue weighted by Gasteiger charge is -2.36. The van der Waals surface area contributed by atoms with Crippen LogP contribution >= 0.6 is 24.2 Å². The zero-order valence-electron chi connectivity index (χ0n) is 19.1. The molecular formula is C24H32ClF3N4S. The Morgan fingerprint density at radius 3 is 2.15 bits per heavy atom. The number of hydrogen-bond acceptors (Lipinski definition) is 5. The summed E-state index contributed by atoms with van der Waals surface area (Å²) in [6, 6.07) is 12.1. The Morgan fingerprint density at radius 2 is 1.48 bits per heavy atom. The zero-order chi connectivity index (χ0) is 22.7. The average Bonchev–Trinajstić information content (AvgIpc) is 2.77. The van der Waals surface area contributed by atoms with E-state index in [4.69, 9.17) is 0 Å². The molecule has 0 saturated carbocycles. The standard InChI is InChI=1S/C24H31F3N4S.ClH/c1-28(2)12-13-30-16-14-29(15-17-30)10-5-11-31-20-6-3-4-7-22(20)32-23-9-8-19(18-21(23)31)24(25,26)27;/h3-4,6-9,18H,5,10-17H2,1-2H3;1H. The Kier molecular flexibility index (Phi) is 8.97. The summed E-state index contributed by atoms with van der Waals surface area (Å²) in [5.74, 6) is 0. The number of benzene rings is 2. The Morgan fingerprint density at radius 1 is 0.848 bits per heavy atom. The molecule has 2 aliphatic heterocycles. The van der Waals surface area contributed by atoms with Crippen LogP contribution in [0.5, 0.6) is 0 Å². The van der Waals surface area contributed by atoms with Crippen molar-refractivity contribution >= 4 is 35.5 Å². The molecule has 2 aromatic rings. The van der Waals surface area contributed by atoms with Crippen molar-refractivity contribution in [2.24, 2.45) is 0 Å². The fourth-order valence-corrected chi connectivity index (χ4v) is 5.35. The van der Waals surface area contributed by atoms with E-state index < -0.39 is 11.7 Å². The first-order valence-electron chi connectivity index (χ1n) is 11.2. The van der Waals surface area contributed by atoms with Crippen LogP contribution in [0.3, 0.4) is 0 Å². The number of rotatable bonds is 7. The van der Waals surface area contributed by atoms with Gasteiger partial charge in [0, 0.05) is 55.6 Å². The van der Waals surface area contributed by atoms with Gasteiger partial charge in [-0.25, -0.2) is 0 Å². The normalized spacial score (nSPS) is 17.0. The van der Waals surface area contributed by atoms with E-state index in [1.807, 2.05) is 24.3 Å². The first-order chi connectivity index (χ1) is 15.3. The Balaban J connectivity index is 0.00000306. The molecule has 4 nitrogen and oxygen atoms in total. The van der Waals surface area contributed by atoms with Gasteiger partial charge in [0.2, 0.25) is 0 Å². The number of fused-ring (bicyclic) bond motifs is 2. The average molecular weight is 501 g/mol. The Bertz CT molecular complexity index is 917. The molecule has 0 unspecified atom stereocenters. The summed E-state index contributed by atoms with van der Waals surface area (Å²) in [5, 5.41) is 0.